The molecule has 0 saturated heterocycles. The van der Waals surface area contributed by atoms with E-state index in [4.69, 9.17) is 23.2 Å². The lowest BCUT2D eigenvalue weighted by atomic mass is 10.2. The van der Waals surface area contributed by atoms with Crippen LogP contribution in [-0.4, -0.2) is 9.97 Å². The molecule has 1 aromatic heterocycles. The average molecular weight is 375 g/mol. The van der Waals surface area contributed by atoms with Crippen molar-refractivity contribution in [3.05, 3.63) is 44.2 Å². The Hall–Kier alpha value is -0.840. The van der Waals surface area contributed by atoms with E-state index in [1.54, 1.807) is 0 Å². The number of anilines is 2. The highest BCUT2D eigenvalue weighted by atomic mass is 79.9. The average Bonchev–Trinajstić information content (AvgIpc) is 2.40. The lowest BCUT2D eigenvalue weighted by molar-refractivity contribution is 0.833. The fourth-order valence-corrected chi connectivity index (χ4v) is 2.42. The summed E-state index contributed by atoms with van der Waals surface area (Å²) in [5, 5.41) is 4.38. The molecule has 0 fully saturated rings. The molecule has 1 N–H and O–H groups in total. The third-order valence-electron chi connectivity index (χ3n) is 2.79. The maximum absolute atomic E-state index is 6.16. The molecule has 6 heteroatoms. The van der Waals surface area contributed by atoms with Crippen LogP contribution >= 0.6 is 39.1 Å². The molecule has 0 bridgehead atoms. The first-order valence-corrected chi connectivity index (χ1v) is 7.81. The van der Waals surface area contributed by atoms with Gasteiger partial charge in [-0.3, -0.25) is 0 Å². The summed E-state index contributed by atoms with van der Waals surface area (Å²) in [6.07, 6.45) is 1.77. The molecular formula is C14H14BrCl2N3. The Morgan fingerprint density at radius 3 is 2.70 bits per heavy atom. The molecule has 0 unspecified atom stereocenters. The van der Waals surface area contributed by atoms with Gasteiger partial charge in [-0.2, -0.15) is 0 Å². The molecule has 0 aliphatic heterocycles. The second-order valence-electron chi connectivity index (χ2n) is 4.40. The van der Waals surface area contributed by atoms with Crippen LogP contribution in [0.15, 0.2) is 22.7 Å². The summed E-state index contributed by atoms with van der Waals surface area (Å²) in [6, 6.07) is 5.54. The van der Waals surface area contributed by atoms with E-state index in [1.165, 1.54) is 0 Å². The third-order valence-corrected chi connectivity index (χ3v) is 4.08. The van der Waals surface area contributed by atoms with Crippen LogP contribution in [0.2, 0.25) is 10.2 Å². The first-order valence-electron chi connectivity index (χ1n) is 6.26. The number of rotatable bonds is 4. The molecule has 1 heterocycles. The van der Waals surface area contributed by atoms with Gasteiger partial charge in [0.2, 0.25) is 0 Å². The van der Waals surface area contributed by atoms with E-state index < -0.39 is 0 Å². The van der Waals surface area contributed by atoms with Crippen molar-refractivity contribution in [1.82, 2.24) is 9.97 Å². The smallest absolute Gasteiger partial charge is 0.138 e. The zero-order chi connectivity index (χ0) is 14.7. The van der Waals surface area contributed by atoms with Crippen molar-refractivity contribution in [3.63, 3.8) is 0 Å². The van der Waals surface area contributed by atoms with Crippen LogP contribution in [-0.2, 0) is 6.42 Å². The van der Waals surface area contributed by atoms with Gasteiger partial charge in [0.25, 0.3) is 0 Å². The number of hydrogen-bond acceptors (Lipinski definition) is 3. The van der Waals surface area contributed by atoms with Crippen molar-refractivity contribution >= 4 is 50.6 Å². The zero-order valence-electron chi connectivity index (χ0n) is 11.2. The van der Waals surface area contributed by atoms with Crippen LogP contribution in [0.25, 0.3) is 0 Å². The molecule has 0 amide bonds. The van der Waals surface area contributed by atoms with Crippen molar-refractivity contribution in [3.8, 4) is 0 Å². The lowest BCUT2D eigenvalue weighted by Gasteiger charge is -2.12. The molecule has 20 heavy (non-hydrogen) atoms. The van der Waals surface area contributed by atoms with E-state index in [1.807, 2.05) is 25.1 Å². The van der Waals surface area contributed by atoms with Crippen molar-refractivity contribution in [1.29, 1.82) is 0 Å². The summed E-state index contributed by atoms with van der Waals surface area (Å²) in [7, 11) is 0. The first-order chi connectivity index (χ1) is 9.51. The number of hydrogen-bond donors (Lipinski definition) is 1. The molecule has 0 aliphatic rings. The number of aryl methyl sites for hydroxylation is 1. The molecular weight excluding hydrogens is 361 g/mol. The Morgan fingerprint density at radius 2 is 2.00 bits per heavy atom. The molecule has 2 aromatic rings. The minimum atomic E-state index is 0.476. The van der Waals surface area contributed by atoms with Crippen molar-refractivity contribution in [2.24, 2.45) is 0 Å². The van der Waals surface area contributed by atoms with E-state index in [2.05, 4.69) is 38.1 Å². The number of nitrogens with zero attached hydrogens (tertiary/aromatic N) is 2. The second kappa shape index (κ2) is 6.74. The number of aromatic nitrogens is 2. The SMILES string of the molecule is CCCc1nc(Cl)c(C)c(Nc2cc(Cl)ccc2Br)n1. The minimum absolute atomic E-state index is 0.476. The summed E-state index contributed by atoms with van der Waals surface area (Å²) in [4.78, 5) is 8.80. The topological polar surface area (TPSA) is 37.8 Å². The van der Waals surface area contributed by atoms with Crippen LogP contribution in [0.1, 0.15) is 24.7 Å². The quantitative estimate of drug-likeness (QED) is 0.712. The monoisotopic (exact) mass is 373 g/mol. The van der Waals surface area contributed by atoms with Gasteiger partial charge in [-0.15, -0.1) is 0 Å². The van der Waals surface area contributed by atoms with Gasteiger partial charge >= 0.3 is 0 Å². The molecule has 2 rings (SSSR count). The normalized spacial score (nSPS) is 10.7. The second-order valence-corrected chi connectivity index (χ2v) is 6.05. The van der Waals surface area contributed by atoms with Gasteiger partial charge in [-0.1, -0.05) is 30.1 Å². The van der Waals surface area contributed by atoms with Crippen LogP contribution < -0.4 is 5.32 Å². The van der Waals surface area contributed by atoms with E-state index >= 15 is 0 Å². The predicted octanol–water partition coefficient (Wildman–Crippen LogP) is 5.55. The van der Waals surface area contributed by atoms with Gasteiger partial charge in [-0.25, -0.2) is 9.97 Å². The number of nitrogens with one attached hydrogen (secondary N) is 1. The Balaban J connectivity index is 2.39. The Morgan fingerprint density at radius 1 is 1.25 bits per heavy atom. The highest BCUT2D eigenvalue weighted by Crippen LogP contribution is 2.30. The van der Waals surface area contributed by atoms with E-state index in [9.17, 15) is 0 Å². The number of halogens is 3. The fourth-order valence-electron chi connectivity index (χ4n) is 1.71. The van der Waals surface area contributed by atoms with Crippen LogP contribution in [0, 0.1) is 6.92 Å². The van der Waals surface area contributed by atoms with E-state index in [0.29, 0.717) is 16.0 Å². The van der Waals surface area contributed by atoms with Gasteiger partial charge in [0.1, 0.15) is 16.8 Å². The molecule has 106 valence electrons. The Kier molecular flexibility index (Phi) is 5.24. The third kappa shape index (κ3) is 3.62. The van der Waals surface area contributed by atoms with Gasteiger partial charge in [-0.05, 0) is 47.5 Å². The van der Waals surface area contributed by atoms with E-state index in [-0.39, 0.29) is 0 Å². The lowest BCUT2D eigenvalue weighted by Crippen LogP contribution is -2.04. The summed E-state index contributed by atoms with van der Waals surface area (Å²) >= 11 is 15.7. The van der Waals surface area contributed by atoms with Gasteiger partial charge < -0.3 is 5.32 Å². The molecule has 3 nitrogen and oxygen atoms in total. The van der Waals surface area contributed by atoms with Crippen LogP contribution in [0.3, 0.4) is 0 Å². The molecule has 0 aliphatic carbocycles. The maximum atomic E-state index is 6.16. The molecule has 1 aromatic carbocycles. The summed E-state index contributed by atoms with van der Waals surface area (Å²) < 4.78 is 0.910. The molecule has 0 spiro atoms. The van der Waals surface area contributed by atoms with Gasteiger partial charge in [0.05, 0.1) is 5.69 Å². The van der Waals surface area contributed by atoms with Gasteiger partial charge in [0.15, 0.2) is 0 Å². The summed E-state index contributed by atoms with van der Waals surface area (Å²) in [6.45, 7) is 3.97. The van der Waals surface area contributed by atoms with Crippen molar-refractivity contribution in [2.75, 3.05) is 5.32 Å². The fraction of sp³-hybridized carbons (Fsp3) is 0.286. The molecule has 0 radical (unpaired) electrons. The summed E-state index contributed by atoms with van der Waals surface area (Å²) in [5.74, 6) is 1.44. The zero-order valence-corrected chi connectivity index (χ0v) is 14.3. The minimum Gasteiger partial charge on any atom is -0.339 e. The largest absolute Gasteiger partial charge is 0.339 e. The Bertz CT molecular complexity index is 632. The van der Waals surface area contributed by atoms with Gasteiger partial charge in [0, 0.05) is 21.5 Å². The summed E-state index contributed by atoms with van der Waals surface area (Å²) in [5.41, 5.74) is 1.66. The van der Waals surface area contributed by atoms with Crippen LogP contribution in [0.4, 0.5) is 11.5 Å². The number of benzene rings is 1. The van der Waals surface area contributed by atoms with E-state index in [0.717, 1.165) is 34.4 Å². The highest BCUT2D eigenvalue weighted by Gasteiger charge is 2.11. The van der Waals surface area contributed by atoms with Crippen molar-refractivity contribution < 1.29 is 0 Å². The standard InChI is InChI=1S/C14H14BrCl2N3/c1-3-4-12-19-13(17)8(2)14(20-12)18-11-7-9(16)5-6-10(11)15/h5-7H,3-4H2,1-2H3,(H,18,19,20). The maximum Gasteiger partial charge on any atom is 0.138 e. The molecule has 0 saturated carbocycles. The molecule has 0 atom stereocenters. The predicted molar refractivity (Wildman–Crippen MR) is 88.2 cm³/mol. The highest BCUT2D eigenvalue weighted by molar-refractivity contribution is 9.10. The first kappa shape index (κ1) is 15.5. The Labute approximate surface area is 136 Å². The van der Waals surface area contributed by atoms with Crippen LogP contribution in [0.5, 0.6) is 0 Å². The van der Waals surface area contributed by atoms with Crippen molar-refractivity contribution in [2.45, 2.75) is 26.7 Å².